The predicted molar refractivity (Wildman–Crippen MR) is 78.4 cm³/mol. The minimum absolute atomic E-state index is 0.0113. The lowest BCUT2D eigenvalue weighted by Gasteiger charge is -2.34. The number of hydrogen-bond acceptors (Lipinski definition) is 5. The van der Waals surface area contributed by atoms with Crippen LogP contribution >= 0.6 is 11.3 Å². The van der Waals surface area contributed by atoms with Gasteiger partial charge < -0.3 is 16.0 Å². The smallest absolute Gasteiger partial charge is 0.271 e. The number of hydrogen-bond donors (Lipinski definition) is 2. The average Bonchev–Trinajstić information content (AvgIpc) is 2.85. The molecule has 0 spiro atoms. The Hall–Kier alpha value is -1.63. The van der Waals surface area contributed by atoms with Crippen molar-refractivity contribution in [3.63, 3.8) is 0 Å². The highest BCUT2D eigenvalue weighted by Gasteiger charge is 2.26. The summed E-state index contributed by atoms with van der Waals surface area (Å²) in [7, 11) is 0. The molecule has 0 aromatic carbocycles. The SMILES string of the molecule is CC(C)C(=O)N1CCC[C@@H](NC(=O)c2csc(N)n2)C1. The van der Waals surface area contributed by atoms with E-state index in [9.17, 15) is 9.59 Å². The van der Waals surface area contributed by atoms with Crippen LogP contribution in [0.4, 0.5) is 5.13 Å². The fourth-order valence-corrected chi connectivity index (χ4v) is 2.85. The molecule has 6 nitrogen and oxygen atoms in total. The molecule has 1 aliphatic heterocycles. The summed E-state index contributed by atoms with van der Waals surface area (Å²) in [4.78, 5) is 29.8. The van der Waals surface area contributed by atoms with Crippen LogP contribution in [0.15, 0.2) is 5.38 Å². The van der Waals surface area contributed by atoms with Gasteiger partial charge in [-0.3, -0.25) is 9.59 Å². The molecule has 7 heteroatoms. The molecule has 1 fully saturated rings. The van der Waals surface area contributed by atoms with Crippen LogP contribution in [-0.2, 0) is 4.79 Å². The van der Waals surface area contributed by atoms with Crippen LogP contribution in [0.3, 0.4) is 0 Å². The van der Waals surface area contributed by atoms with Gasteiger partial charge in [0, 0.05) is 30.4 Å². The van der Waals surface area contributed by atoms with E-state index in [1.54, 1.807) is 5.38 Å². The maximum Gasteiger partial charge on any atom is 0.271 e. The summed E-state index contributed by atoms with van der Waals surface area (Å²) in [6.07, 6.45) is 1.79. The molecule has 0 saturated carbocycles. The van der Waals surface area contributed by atoms with Gasteiger partial charge in [-0.25, -0.2) is 4.98 Å². The molecule has 0 radical (unpaired) electrons. The second-order valence-electron chi connectivity index (χ2n) is 5.32. The molecule has 110 valence electrons. The number of carbonyl (C=O) groups excluding carboxylic acids is 2. The Morgan fingerprint density at radius 2 is 2.30 bits per heavy atom. The summed E-state index contributed by atoms with van der Waals surface area (Å²) < 4.78 is 0. The fourth-order valence-electron chi connectivity index (χ4n) is 2.31. The van der Waals surface area contributed by atoms with Crippen LogP contribution in [0.2, 0.25) is 0 Å². The first-order valence-electron chi connectivity index (χ1n) is 6.78. The number of nitrogen functional groups attached to an aromatic ring is 1. The van der Waals surface area contributed by atoms with E-state index in [4.69, 9.17) is 5.73 Å². The highest BCUT2D eigenvalue weighted by molar-refractivity contribution is 7.13. The molecule has 20 heavy (non-hydrogen) atoms. The average molecular weight is 296 g/mol. The fraction of sp³-hybridized carbons (Fsp3) is 0.615. The molecule has 2 rings (SSSR count). The Labute approximate surface area is 122 Å². The van der Waals surface area contributed by atoms with Gasteiger partial charge in [0.2, 0.25) is 5.91 Å². The Kier molecular flexibility index (Phi) is 4.59. The summed E-state index contributed by atoms with van der Waals surface area (Å²) in [5.74, 6) is -0.0913. The van der Waals surface area contributed by atoms with Crippen LogP contribution in [0.5, 0.6) is 0 Å². The Morgan fingerprint density at radius 3 is 2.90 bits per heavy atom. The Balaban J connectivity index is 1.93. The van der Waals surface area contributed by atoms with E-state index < -0.39 is 0 Å². The molecule has 1 aromatic rings. The lowest BCUT2D eigenvalue weighted by atomic mass is 10.0. The molecule has 1 atom stereocenters. The number of nitrogens with two attached hydrogens (primary N) is 1. The van der Waals surface area contributed by atoms with Gasteiger partial charge in [-0.05, 0) is 12.8 Å². The molecule has 2 heterocycles. The minimum Gasteiger partial charge on any atom is -0.375 e. The lowest BCUT2D eigenvalue weighted by molar-refractivity contribution is -0.135. The van der Waals surface area contributed by atoms with Gasteiger partial charge >= 0.3 is 0 Å². The van der Waals surface area contributed by atoms with Crippen molar-refractivity contribution in [2.24, 2.45) is 5.92 Å². The predicted octanol–water partition coefficient (Wildman–Crippen LogP) is 1.10. The summed E-state index contributed by atoms with van der Waals surface area (Å²) in [5.41, 5.74) is 5.87. The molecule has 0 bridgehead atoms. The third-order valence-electron chi connectivity index (χ3n) is 3.32. The molecule has 3 N–H and O–H groups in total. The van der Waals surface area contributed by atoms with Crippen molar-refractivity contribution in [1.29, 1.82) is 0 Å². The summed E-state index contributed by atoms with van der Waals surface area (Å²) in [6.45, 7) is 5.13. The van der Waals surface area contributed by atoms with E-state index in [0.29, 0.717) is 17.4 Å². The van der Waals surface area contributed by atoms with E-state index in [0.717, 1.165) is 19.4 Å². The monoisotopic (exact) mass is 296 g/mol. The number of thiazole rings is 1. The van der Waals surface area contributed by atoms with Crippen LogP contribution in [0.25, 0.3) is 0 Å². The number of rotatable bonds is 3. The molecule has 0 unspecified atom stereocenters. The first-order chi connectivity index (χ1) is 9.47. The zero-order valence-electron chi connectivity index (χ0n) is 11.8. The van der Waals surface area contributed by atoms with Gasteiger partial charge in [-0.1, -0.05) is 13.8 Å². The molecular formula is C13H20N4O2S. The standard InChI is InChI=1S/C13H20N4O2S/c1-8(2)12(19)17-5-3-4-9(6-17)15-11(18)10-7-20-13(14)16-10/h7-9H,3-6H2,1-2H3,(H2,14,16)(H,15,18)/t9-/m1/s1. The number of anilines is 1. The first kappa shape index (κ1) is 14.8. The number of likely N-dealkylation sites (tertiary alicyclic amines) is 1. The number of aromatic nitrogens is 1. The third-order valence-corrected chi connectivity index (χ3v) is 3.99. The van der Waals surface area contributed by atoms with Crippen molar-refractivity contribution in [3.05, 3.63) is 11.1 Å². The van der Waals surface area contributed by atoms with Crippen LogP contribution in [-0.4, -0.2) is 40.8 Å². The third kappa shape index (κ3) is 3.47. The number of nitrogens with one attached hydrogen (secondary N) is 1. The Morgan fingerprint density at radius 1 is 1.55 bits per heavy atom. The van der Waals surface area contributed by atoms with Crippen molar-refractivity contribution >= 4 is 28.3 Å². The van der Waals surface area contributed by atoms with E-state index in [-0.39, 0.29) is 23.8 Å². The summed E-state index contributed by atoms with van der Waals surface area (Å²) >= 11 is 1.25. The summed E-state index contributed by atoms with van der Waals surface area (Å²) in [6, 6.07) is -0.0122. The second kappa shape index (κ2) is 6.21. The second-order valence-corrected chi connectivity index (χ2v) is 6.21. The number of piperidine rings is 1. The number of amides is 2. The number of nitrogens with zero attached hydrogens (tertiary/aromatic N) is 2. The van der Waals surface area contributed by atoms with E-state index in [2.05, 4.69) is 10.3 Å². The van der Waals surface area contributed by atoms with E-state index in [1.165, 1.54) is 11.3 Å². The maximum absolute atomic E-state index is 12.0. The maximum atomic E-state index is 12.0. The van der Waals surface area contributed by atoms with Gasteiger partial charge in [0.1, 0.15) is 5.69 Å². The van der Waals surface area contributed by atoms with E-state index in [1.807, 2.05) is 18.7 Å². The lowest BCUT2D eigenvalue weighted by Crippen LogP contribution is -2.50. The zero-order chi connectivity index (χ0) is 14.7. The molecular weight excluding hydrogens is 276 g/mol. The van der Waals surface area contributed by atoms with Gasteiger partial charge in [-0.15, -0.1) is 11.3 Å². The van der Waals surface area contributed by atoms with Crippen molar-refractivity contribution in [3.8, 4) is 0 Å². The molecule has 1 saturated heterocycles. The van der Waals surface area contributed by atoms with Gasteiger partial charge in [0.05, 0.1) is 0 Å². The topological polar surface area (TPSA) is 88.3 Å². The normalized spacial score (nSPS) is 19.1. The Bertz CT molecular complexity index is 500. The summed E-state index contributed by atoms with van der Waals surface area (Å²) in [5, 5.41) is 4.96. The van der Waals surface area contributed by atoms with Crippen LogP contribution in [0.1, 0.15) is 37.2 Å². The van der Waals surface area contributed by atoms with Gasteiger partial charge in [-0.2, -0.15) is 0 Å². The molecule has 1 aliphatic rings. The quantitative estimate of drug-likeness (QED) is 0.874. The van der Waals surface area contributed by atoms with Crippen molar-refractivity contribution in [1.82, 2.24) is 15.2 Å². The highest BCUT2D eigenvalue weighted by Crippen LogP contribution is 2.15. The molecule has 2 amide bonds. The largest absolute Gasteiger partial charge is 0.375 e. The number of carbonyl (C=O) groups is 2. The van der Waals surface area contributed by atoms with Crippen LogP contribution < -0.4 is 11.1 Å². The highest BCUT2D eigenvalue weighted by atomic mass is 32.1. The molecule has 1 aromatic heterocycles. The van der Waals surface area contributed by atoms with Crippen LogP contribution in [0, 0.1) is 5.92 Å². The minimum atomic E-state index is -0.221. The van der Waals surface area contributed by atoms with E-state index >= 15 is 0 Å². The van der Waals surface area contributed by atoms with Crippen molar-refractivity contribution in [2.75, 3.05) is 18.8 Å². The van der Waals surface area contributed by atoms with Crippen molar-refractivity contribution < 1.29 is 9.59 Å². The van der Waals surface area contributed by atoms with Gasteiger partial charge in [0.15, 0.2) is 5.13 Å². The van der Waals surface area contributed by atoms with Crippen molar-refractivity contribution in [2.45, 2.75) is 32.7 Å². The zero-order valence-corrected chi connectivity index (χ0v) is 12.6. The molecule has 0 aliphatic carbocycles. The van der Waals surface area contributed by atoms with Gasteiger partial charge in [0.25, 0.3) is 5.91 Å². The first-order valence-corrected chi connectivity index (χ1v) is 7.66.